The number of benzene rings is 1. The zero-order valence-electron chi connectivity index (χ0n) is 12.2. The zero-order valence-corrected chi connectivity index (χ0v) is 13.8. The van der Waals surface area contributed by atoms with Gasteiger partial charge in [-0.25, -0.2) is 9.59 Å². The number of hydrogen-bond acceptors (Lipinski definition) is 3. The average Bonchev–Trinajstić information content (AvgIpc) is 2.36. The van der Waals surface area contributed by atoms with E-state index in [4.69, 9.17) is 5.11 Å². The lowest BCUT2D eigenvalue weighted by Crippen LogP contribution is -2.44. The molecule has 0 heterocycles. The van der Waals surface area contributed by atoms with Crippen molar-refractivity contribution in [2.75, 3.05) is 18.4 Å². The molecule has 0 bridgehead atoms. The number of aliphatic hydroxyl groups is 1. The first-order valence-corrected chi connectivity index (χ1v) is 7.25. The van der Waals surface area contributed by atoms with E-state index in [1.165, 1.54) is 11.0 Å². The van der Waals surface area contributed by atoms with Crippen molar-refractivity contribution in [3.05, 3.63) is 28.2 Å². The van der Waals surface area contributed by atoms with Crippen LogP contribution in [0.5, 0.6) is 0 Å². The Morgan fingerprint density at radius 1 is 1.38 bits per heavy atom. The summed E-state index contributed by atoms with van der Waals surface area (Å²) in [5.41, 5.74) is -0.835. The topological polar surface area (TPSA) is 89.9 Å². The number of carbonyl (C=O) groups excluding carboxylic acids is 1. The molecule has 0 spiro atoms. The van der Waals surface area contributed by atoms with Gasteiger partial charge in [-0.2, -0.15) is 0 Å². The van der Waals surface area contributed by atoms with Crippen molar-refractivity contribution < 1.29 is 19.8 Å². The lowest BCUT2D eigenvalue weighted by molar-refractivity contribution is 0.0500. The summed E-state index contributed by atoms with van der Waals surface area (Å²) in [6.07, 6.45) is 0. The van der Waals surface area contributed by atoms with Crippen molar-refractivity contribution in [2.24, 2.45) is 0 Å². The summed E-state index contributed by atoms with van der Waals surface area (Å²) in [6, 6.07) is 4.18. The van der Waals surface area contributed by atoms with Crippen molar-refractivity contribution >= 4 is 33.6 Å². The number of halogens is 1. The van der Waals surface area contributed by atoms with Crippen LogP contribution in [0.3, 0.4) is 0 Å². The minimum atomic E-state index is -1.13. The van der Waals surface area contributed by atoms with Gasteiger partial charge in [0.05, 0.1) is 23.4 Å². The van der Waals surface area contributed by atoms with Crippen molar-refractivity contribution in [3.8, 4) is 0 Å². The number of likely N-dealkylation sites (N-methyl/N-ethyl adjacent to an activating group) is 1. The molecule has 1 aromatic rings. The predicted octanol–water partition coefficient (Wildman–Crippen LogP) is 2.77. The van der Waals surface area contributed by atoms with Gasteiger partial charge in [-0.3, -0.25) is 0 Å². The monoisotopic (exact) mass is 358 g/mol. The second-order valence-corrected chi connectivity index (χ2v) is 6.08. The summed E-state index contributed by atoms with van der Waals surface area (Å²) in [7, 11) is 0. The smallest absolute Gasteiger partial charge is 0.337 e. The molecule has 116 valence electrons. The second kappa shape index (κ2) is 6.91. The number of rotatable bonds is 5. The Kier molecular flexibility index (Phi) is 5.74. The summed E-state index contributed by atoms with van der Waals surface area (Å²) in [6.45, 7) is 5.52. The highest BCUT2D eigenvalue weighted by Crippen LogP contribution is 2.27. The first-order chi connectivity index (χ1) is 9.65. The number of anilines is 1. The Morgan fingerprint density at radius 3 is 2.48 bits per heavy atom. The standard InChI is InChI=1S/C14H19BrN2O4/c1-4-17(8-14(2,3)21)13(20)16-11-9(12(18)19)6-5-7-10(11)15/h5-7,21H,4,8H2,1-3H3,(H,16,20)(H,18,19). The highest BCUT2D eigenvalue weighted by Gasteiger charge is 2.23. The van der Waals surface area contributed by atoms with E-state index in [1.54, 1.807) is 32.9 Å². The van der Waals surface area contributed by atoms with E-state index in [0.717, 1.165) is 0 Å². The quantitative estimate of drug-likeness (QED) is 0.754. The molecule has 21 heavy (non-hydrogen) atoms. The molecule has 0 unspecified atom stereocenters. The van der Waals surface area contributed by atoms with Crippen molar-refractivity contribution in [1.29, 1.82) is 0 Å². The Morgan fingerprint density at radius 2 is 2.00 bits per heavy atom. The van der Waals surface area contributed by atoms with Gasteiger partial charge in [-0.15, -0.1) is 0 Å². The molecule has 0 aromatic heterocycles. The Bertz CT molecular complexity index is 540. The van der Waals surface area contributed by atoms with E-state index in [-0.39, 0.29) is 17.8 Å². The Labute approximate surface area is 131 Å². The van der Waals surface area contributed by atoms with Crippen LogP contribution in [0.15, 0.2) is 22.7 Å². The number of carboxylic acid groups (broad SMARTS) is 1. The maximum Gasteiger partial charge on any atom is 0.337 e. The summed E-state index contributed by atoms with van der Waals surface area (Å²) in [5.74, 6) is -1.13. The zero-order chi connectivity index (χ0) is 16.2. The lowest BCUT2D eigenvalue weighted by atomic mass is 10.1. The molecule has 0 radical (unpaired) electrons. The van der Waals surface area contributed by atoms with E-state index >= 15 is 0 Å². The normalized spacial score (nSPS) is 11.1. The van der Waals surface area contributed by atoms with Crippen molar-refractivity contribution in [3.63, 3.8) is 0 Å². The highest BCUT2D eigenvalue weighted by atomic mass is 79.9. The number of carbonyl (C=O) groups is 2. The van der Waals surface area contributed by atoms with Gasteiger partial charge < -0.3 is 20.4 Å². The summed E-state index contributed by atoms with van der Waals surface area (Å²) >= 11 is 3.23. The molecule has 3 N–H and O–H groups in total. The van der Waals surface area contributed by atoms with E-state index in [9.17, 15) is 14.7 Å². The first-order valence-electron chi connectivity index (χ1n) is 6.46. The van der Waals surface area contributed by atoms with Crippen LogP contribution in [-0.4, -0.2) is 45.8 Å². The number of nitrogens with one attached hydrogen (secondary N) is 1. The highest BCUT2D eigenvalue weighted by molar-refractivity contribution is 9.10. The molecular weight excluding hydrogens is 340 g/mol. The number of aromatic carboxylic acids is 1. The van der Waals surface area contributed by atoms with Crippen LogP contribution in [0.25, 0.3) is 0 Å². The fourth-order valence-electron chi connectivity index (χ4n) is 1.81. The molecule has 0 aliphatic rings. The van der Waals surface area contributed by atoms with Crippen LogP contribution in [0, 0.1) is 0 Å². The maximum atomic E-state index is 12.2. The molecule has 2 amide bonds. The molecule has 6 nitrogen and oxygen atoms in total. The van der Waals surface area contributed by atoms with Crippen LogP contribution in [0.2, 0.25) is 0 Å². The lowest BCUT2D eigenvalue weighted by Gasteiger charge is -2.28. The summed E-state index contributed by atoms with van der Waals surface area (Å²) in [5, 5.41) is 21.5. The van der Waals surface area contributed by atoms with Crippen LogP contribution in [0.4, 0.5) is 10.5 Å². The first kappa shape index (κ1) is 17.5. The number of carboxylic acids is 1. The van der Waals surface area contributed by atoms with Crippen molar-refractivity contribution in [1.82, 2.24) is 4.90 Å². The van der Waals surface area contributed by atoms with Gasteiger partial charge >= 0.3 is 12.0 Å². The fraction of sp³-hybridized carbons (Fsp3) is 0.429. The van der Waals surface area contributed by atoms with E-state index < -0.39 is 17.6 Å². The SMILES string of the molecule is CCN(CC(C)(C)O)C(=O)Nc1c(Br)cccc1C(=O)O. The molecule has 0 aliphatic carbocycles. The van der Waals surface area contributed by atoms with Crippen LogP contribution in [-0.2, 0) is 0 Å². The predicted molar refractivity (Wildman–Crippen MR) is 83.7 cm³/mol. The second-order valence-electron chi connectivity index (χ2n) is 5.22. The van der Waals surface area contributed by atoms with Gasteiger partial charge in [0.2, 0.25) is 0 Å². The molecule has 0 saturated carbocycles. The third kappa shape index (κ3) is 5.02. The van der Waals surface area contributed by atoms with Gasteiger partial charge in [0.1, 0.15) is 0 Å². The molecule has 0 fully saturated rings. The van der Waals surface area contributed by atoms with Crippen LogP contribution >= 0.6 is 15.9 Å². The molecule has 1 rings (SSSR count). The van der Waals surface area contributed by atoms with E-state index in [1.807, 2.05) is 0 Å². The summed E-state index contributed by atoms with van der Waals surface area (Å²) in [4.78, 5) is 24.8. The molecule has 7 heteroatoms. The number of urea groups is 1. The maximum absolute atomic E-state index is 12.2. The molecule has 0 saturated heterocycles. The number of hydrogen-bond donors (Lipinski definition) is 3. The van der Waals surface area contributed by atoms with Crippen LogP contribution in [0.1, 0.15) is 31.1 Å². The van der Waals surface area contributed by atoms with E-state index in [2.05, 4.69) is 21.2 Å². The minimum absolute atomic E-state index is 0.00274. The third-order valence-corrected chi connectivity index (χ3v) is 3.38. The summed E-state index contributed by atoms with van der Waals surface area (Å²) < 4.78 is 0.482. The molecule has 1 aromatic carbocycles. The molecular formula is C14H19BrN2O4. The van der Waals surface area contributed by atoms with Crippen molar-refractivity contribution in [2.45, 2.75) is 26.4 Å². The van der Waals surface area contributed by atoms with Gasteiger partial charge in [0.25, 0.3) is 0 Å². The Balaban J connectivity index is 3.00. The van der Waals surface area contributed by atoms with Gasteiger partial charge in [-0.05, 0) is 48.8 Å². The average molecular weight is 359 g/mol. The molecule has 0 atom stereocenters. The van der Waals surface area contributed by atoms with Gasteiger partial charge in [0, 0.05) is 11.0 Å². The van der Waals surface area contributed by atoms with Crippen LogP contribution < -0.4 is 5.32 Å². The number of para-hydroxylation sites is 1. The van der Waals surface area contributed by atoms with Gasteiger partial charge in [-0.1, -0.05) is 6.07 Å². The minimum Gasteiger partial charge on any atom is -0.478 e. The number of amides is 2. The van der Waals surface area contributed by atoms with E-state index in [0.29, 0.717) is 11.0 Å². The fourth-order valence-corrected chi connectivity index (χ4v) is 2.28. The Hall–Kier alpha value is -1.60. The number of nitrogens with zero attached hydrogens (tertiary/aromatic N) is 1. The largest absolute Gasteiger partial charge is 0.478 e. The molecule has 0 aliphatic heterocycles. The third-order valence-electron chi connectivity index (χ3n) is 2.72. The van der Waals surface area contributed by atoms with Gasteiger partial charge in [0.15, 0.2) is 0 Å².